The number of aromatic nitrogens is 1. The number of thiazole rings is 1. The highest BCUT2D eigenvalue weighted by molar-refractivity contribution is 7.90. The first kappa shape index (κ1) is 30.1. The zero-order valence-electron chi connectivity index (χ0n) is 23.5. The van der Waals surface area contributed by atoms with Crippen molar-refractivity contribution in [3.8, 4) is 0 Å². The zero-order chi connectivity index (χ0) is 29.4. The Balaban J connectivity index is 1.42. The Labute approximate surface area is 245 Å². The minimum Gasteiger partial charge on any atom is -0.379 e. The van der Waals surface area contributed by atoms with Crippen molar-refractivity contribution in [3.05, 3.63) is 48.0 Å². The van der Waals surface area contributed by atoms with Crippen LogP contribution in [0.15, 0.2) is 52.3 Å². The number of carbonyl (C=O) groups excluding carboxylic acids is 1. The molecule has 2 fully saturated rings. The molecule has 2 aliphatic rings. The molecule has 5 rings (SSSR count). The van der Waals surface area contributed by atoms with Crippen molar-refractivity contribution in [1.82, 2.24) is 14.2 Å². The Kier molecular flexibility index (Phi) is 8.84. The molecule has 0 spiro atoms. The first-order valence-electron chi connectivity index (χ1n) is 13.7. The van der Waals surface area contributed by atoms with Crippen LogP contribution in [0.2, 0.25) is 0 Å². The molecule has 2 saturated heterocycles. The van der Waals surface area contributed by atoms with Gasteiger partial charge < -0.3 is 4.74 Å². The molecule has 0 radical (unpaired) electrons. The van der Waals surface area contributed by atoms with Gasteiger partial charge in [-0.25, -0.2) is 21.8 Å². The molecule has 0 bridgehead atoms. The summed E-state index contributed by atoms with van der Waals surface area (Å²) in [6.07, 6.45) is 2.16. The van der Waals surface area contributed by atoms with Crippen LogP contribution in [0, 0.1) is 11.8 Å². The average molecular weight is 621 g/mol. The second-order valence-electron chi connectivity index (χ2n) is 11.1. The highest BCUT2D eigenvalue weighted by atomic mass is 32.2. The van der Waals surface area contributed by atoms with Gasteiger partial charge in [0.2, 0.25) is 10.0 Å². The smallest absolute Gasteiger partial charge is 0.260 e. The molecule has 41 heavy (non-hydrogen) atoms. The minimum absolute atomic E-state index is 0.170. The minimum atomic E-state index is -3.67. The van der Waals surface area contributed by atoms with Gasteiger partial charge in [0.15, 0.2) is 15.0 Å². The topological polar surface area (TPSA) is 117 Å². The largest absolute Gasteiger partial charge is 0.379 e. The van der Waals surface area contributed by atoms with Gasteiger partial charge in [-0.05, 0) is 60.7 Å². The highest BCUT2D eigenvalue weighted by Gasteiger charge is 2.32. The summed E-state index contributed by atoms with van der Waals surface area (Å²) in [7, 11) is -7.06. The van der Waals surface area contributed by atoms with E-state index in [9.17, 15) is 21.6 Å². The number of sulfone groups is 1. The summed E-state index contributed by atoms with van der Waals surface area (Å²) in [6.45, 7) is 8.87. The Morgan fingerprint density at radius 2 is 1.63 bits per heavy atom. The number of carbonyl (C=O) groups is 1. The first-order chi connectivity index (χ1) is 19.4. The number of hydrogen-bond acceptors (Lipinski definition) is 9. The number of nitrogens with zero attached hydrogens (tertiary/aromatic N) is 4. The van der Waals surface area contributed by atoms with Gasteiger partial charge in [0.1, 0.15) is 0 Å². The highest BCUT2D eigenvalue weighted by Crippen LogP contribution is 2.32. The van der Waals surface area contributed by atoms with Gasteiger partial charge in [-0.15, -0.1) is 0 Å². The van der Waals surface area contributed by atoms with E-state index in [2.05, 4.69) is 23.7 Å². The van der Waals surface area contributed by atoms with Crippen LogP contribution in [0.25, 0.3) is 10.2 Å². The molecule has 0 aliphatic carbocycles. The number of hydrogen-bond donors (Lipinski definition) is 0. The summed E-state index contributed by atoms with van der Waals surface area (Å²) in [5.74, 6) is 0.276. The maximum atomic E-state index is 13.9. The van der Waals surface area contributed by atoms with E-state index < -0.39 is 19.9 Å². The lowest BCUT2D eigenvalue weighted by Crippen LogP contribution is -2.43. The van der Waals surface area contributed by atoms with Crippen LogP contribution in [0.5, 0.6) is 0 Å². The van der Waals surface area contributed by atoms with Crippen molar-refractivity contribution < 1.29 is 26.4 Å². The quantitative estimate of drug-likeness (QED) is 0.377. The average Bonchev–Trinajstić information content (AvgIpc) is 3.36. The fourth-order valence-corrected chi connectivity index (χ4v) is 8.90. The third kappa shape index (κ3) is 6.81. The van der Waals surface area contributed by atoms with Crippen LogP contribution in [-0.4, -0.2) is 95.7 Å². The summed E-state index contributed by atoms with van der Waals surface area (Å²) >= 11 is 1.26. The van der Waals surface area contributed by atoms with Gasteiger partial charge in [0, 0.05) is 51.1 Å². The molecule has 2 unspecified atom stereocenters. The van der Waals surface area contributed by atoms with Crippen molar-refractivity contribution in [2.24, 2.45) is 11.8 Å². The molecule has 13 heteroatoms. The third-order valence-corrected chi connectivity index (χ3v) is 11.6. The number of rotatable bonds is 8. The lowest BCUT2D eigenvalue weighted by atomic mass is 9.94. The monoisotopic (exact) mass is 620 g/mol. The van der Waals surface area contributed by atoms with Gasteiger partial charge in [0.25, 0.3) is 5.91 Å². The molecule has 2 atom stereocenters. The molecule has 1 amide bonds. The lowest BCUT2D eigenvalue weighted by molar-refractivity contribution is 0.0391. The number of morpholine rings is 1. The van der Waals surface area contributed by atoms with Crippen LogP contribution in [0.1, 0.15) is 30.6 Å². The Morgan fingerprint density at radius 1 is 1.00 bits per heavy atom. The van der Waals surface area contributed by atoms with Crippen molar-refractivity contribution in [2.75, 3.05) is 63.6 Å². The number of sulfonamides is 1. The van der Waals surface area contributed by atoms with Crippen molar-refractivity contribution in [3.63, 3.8) is 0 Å². The molecule has 222 valence electrons. The van der Waals surface area contributed by atoms with Crippen molar-refractivity contribution >= 4 is 52.5 Å². The van der Waals surface area contributed by atoms with E-state index >= 15 is 0 Å². The van der Waals surface area contributed by atoms with E-state index in [1.54, 1.807) is 33.5 Å². The molecular formula is C28H36N4O6S3. The van der Waals surface area contributed by atoms with E-state index in [1.165, 1.54) is 29.5 Å². The summed E-state index contributed by atoms with van der Waals surface area (Å²) < 4.78 is 58.5. The van der Waals surface area contributed by atoms with Crippen molar-refractivity contribution in [1.29, 1.82) is 0 Å². The van der Waals surface area contributed by atoms with Gasteiger partial charge >= 0.3 is 0 Å². The van der Waals surface area contributed by atoms with E-state index in [0.29, 0.717) is 60.3 Å². The van der Waals surface area contributed by atoms with E-state index in [0.717, 1.165) is 25.8 Å². The lowest BCUT2D eigenvalue weighted by Gasteiger charge is -2.34. The Bertz CT molecular complexity index is 1610. The molecule has 3 aromatic rings. The number of piperidine rings is 1. The first-order valence-corrected chi connectivity index (χ1v) is 17.9. The molecule has 2 aromatic carbocycles. The molecule has 10 nitrogen and oxygen atoms in total. The molecule has 0 N–H and O–H groups in total. The molecule has 1 aromatic heterocycles. The maximum Gasteiger partial charge on any atom is 0.260 e. The van der Waals surface area contributed by atoms with Crippen molar-refractivity contribution in [2.45, 2.75) is 30.1 Å². The molecule has 3 heterocycles. The van der Waals surface area contributed by atoms with E-state index in [-0.39, 0.29) is 27.5 Å². The molecular weight excluding hydrogens is 585 g/mol. The predicted octanol–water partition coefficient (Wildman–Crippen LogP) is 3.35. The fraction of sp³-hybridized carbons (Fsp3) is 0.500. The Morgan fingerprint density at radius 3 is 2.27 bits per heavy atom. The SMILES string of the molecule is CC1CC(C)CN(S(=O)(=O)c2ccc(C(=O)N(CCN3CCOCC3)c3nc4ccc(S(C)(=O)=O)cc4s3)cc2)C1. The predicted molar refractivity (Wildman–Crippen MR) is 160 cm³/mol. The van der Waals surface area contributed by atoms with Crippen LogP contribution in [0.4, 0.5) is 5.13 Å². The van der Waals surface area contributed by atoms with Gasteiger partial charge in [0.05, 0.1) is 33.2 Å². The number of benzene rings is 2. The van der Waals surface area contributed by atoms with E-state index in [4.69, 9.17) is 4.74 Å². The maximum absolute atomic E-state index is 13.9. The number of amides is 1. The van der Waals surface area contributed by atoms with Crippen LogP contribution >= 0.6 is 11.3 Å². The zero-order valence-corrected chi connectivity index (χ0v) is 26.0. The van der Waals surface area contributed by atoms with Gasteiger partial charge in [-0.1, -0.05) is 25.2 Å². The third-order valence-electron chi connectivity index (χ3n) is 7.57. The number of fused-ring (bicyclic) bond motifs is 1. The summed E-state index contributed by atoms with van der Waals surface area (Å²) in [6, 6.07) is 10.9. The van der Waals surface area contributed by atoms with Crippen LogP contribution in [0.3, 0.4) is 0 Å². The van der Waals surface area contributed by atoms with Crippen LogP contribution < -0.4 is 4.90 Å². The second kappa shape index (κ2) is 12.1. The summed E-state index contributed by atoms with van der Waals surface area (Å²) in [5.41, 5.74) is 0.954. The number of ether oxygens (including phenoxy) is 1. The summed E-state index contributed by atoms with van der Waals surface area (Å²) in [4.78, 5) is 22.7. The van der Waals surface area contributed by atoms with Gasteiger partial charge in [-0.3, -0.25) is 14.6 Å². The van der Waals surface area contributed by atoms with E-state index in [1.807, 2.05) is 0 Å². The molecule has 0 saturated carbocycles. The fourth-order valence-electron chi connectivity index (χ4n) is 5.47. The Hall–Kier alpha value is -2.42. The van der Waals surface area contributed by atoms with Crippen LogP contribution in [-0.2, 0) is 24.6 Å². The number of anilines is 1. The molecule has 2 aliphatic heterocycles. The second-order valence-corrected chi connectivity index (χ2v) is 16.1. The normalized spacial score (nSPS) is 21.2. The van der Waals surface area contributed by atoms with Gasteiger partial charge in [-0.2, -0.15) is 4.31 Å². The summed E-state index contributed by atoms with van der Waals surface area (Å²) in [5, 5.41) is 0.455. The standard InChI is InChI=1S/C28H36N4O6S3/c1-20-16-21(2)19-31(18-20)41(36,37)23-6-4-22(5-7-23)27(33)32(11-10-30-12-14-38-15-13-30)28-29-25-9-8-24(40(3,34)35)17-26(25)39-28/h4-9,17,20-21H,10-16,18-19H2,1-3H3.